The molecule has 0 fully saturated rings. The van der Waals surface area contributed by atoms with Crippen LogP contribution in [-0.4, -0.2) is 28.5 Å². The van der Waals surface area contributed by atoms with Gasteiger partial charge in [-0.25, -0.2) is 4.98 Å². The Balaban J connectivity index is 1.94. The second kappa shape index (κ2) is 5.95. The van der Waals surface area contributed by atoms with Gasteiger partial charge in [-0.3, -0.25) is 4.98 Å². The Kier molecular flexibility index (Phi) is 4.06. The first-order valence-electron chi connectivity index (χ1n) is 5.94. The zero-order valence-electron chi connectivity index (χ0n) is 10.6. The standard InChI is InChI=1S/C13H17N5/c1-10-9-17-13(14-2)18-12(10)16-8-5-11-3-6-15-7-4-11/h3-4,6-7,9H,5,8H2,1-2H3,(H2,14,16,17,18). The second-order valence-electron chi connectivity index (χ2n) is 4.01. The van der Waals surface area contributed by atoms with Crippen molar-refractivity contribution >= 4 is 11.8 Å². The molecule has 0 aliphatic carbocycles. The Morgan fingerprint density at radius 1 is 1.22 bits per heavy atom. The molecule has 94 valence electrons. The zero-order valence-corrected chi connectivity index (χ0v) is 10.6. The summed E-state index contributed by atoms with van der Waals surface area (Å²) in [6, 6.07) is 4.04. The number of rotatable bonds is 5. The molecule has 0 aromatic carbocycles. The maximum atomic E-state index is 4.38. The van der Waals surface area contributed by atoms with Crippen LogP contribution in [-0.2, 0) is 6.42 Å². The third-order valence-corrected chi connectivity index (χ3v) is 2.65. The van der Waals surface area contributed by atoms with Gasteiger partial charge in [0.25, 0.3) is 0 Å². The molecule has 0 atom stereocenters. The van der Waals surface area contributed by atoms with E-state index in [0.29, 0.717) is 5.95 Å². The minimum Gasteiger partial charge on any atom is -0.369 e. The van der Waals surface area contributed by atoms with E-state index in [1.54, 1.807) is 0 Å². The highest BCUT2D eigenvalue weighted by Crippen LogP contribution is 2.12. The fourth-order valence-electron chi connectivity index (χ4n) is 1.62. The maximum Gasteiger partial charge on any atom is 0.224 e. The number of nitrogens with zero attached hydrogens (tertiary/aromatic N) is 3. The van der Waals surface area contributed by atoms with Crippen molar-refractivity contribution in [1.29, 1.82) is 0 Å². The van der Waals surface area contributed by atoms with Crippen molar-refractivity contribution in [3.8, 4) is 0 Å². The number of anilines is 2. The first kappa shape index (κ1) is 12.3. The minimum atomic E-state index is 0.631. The van der Waals surface area contributed by atoms with Crippen LogP contribution in [0.15, 0.2) is 30.7 Å². The highest BCUT2D eigenvalue weighted by molar-refractivity contribution is 5.46. The van der Waals surface area contributed by atoms with Crippen LogP contribution >= 0.6 is 0 Å². The Bertz CT molecular complexity index is 498. The minimum absolute atomic E-state index is 0.631. The Labute approximate surface area is 107 Å². The molecule has 0 saturated heterocycles. The molecular weight excluding hydrogens is 226 g/mol. The third-order valence-electron chi connectivity index (χ3n) is 2.65. The monoisotopic (exact) mass is 243 g/mol. The van der Waals surface area contributed by atoms with E-state index in [1.807, 2.05) is 44.7 Å². The van der Waals surface area contributed by atoms with Gasteiger partial charge in [-0.15, -0.1) is 0 Å². The van der Waals surface area contributed by atoms with E-state index in [2.05, 4.69) is 25.6 Å². The van der Waals surface area contributed by atoms with E-state index in [9.17, 15) is 0 Å². The topological polar surface area (TPSA) is 62.7 Å². The van der Waals surface area contributed by atoms with Gasteiger partial charge in [-0.2, -0.15) is 4.98 Å². The number of aryl methyl sites for hydroxylation is 1. The zero-order chi connectivity index (χ0) is 12.8. The lowest BCUT2D eigenvalue weighted by atomic mass is 10.2. The van der Waals surface area contributed by atoms with E-state index >= 15 is 0 Å². The van der Waals surface area contributed by atoms with Crippen molar-refractivity contribution in [1.82, 2.24) is 15.0 Å². The van der Waals surface area contributed by atoms with E-state index < -0.39 is 0 Å². The Morgan fingerprint density at radius 3 is 2.72 bits per heavy atom. The van der Waals surface area contributed by atoms with Crippen molar-refractivity contribution in [3.63, 3.8) is 0 Å². The first-order valence-corrected chi connectivity index (χ1v) is 5.94. The SMILES string of the molecule is CNc1ncc(C)c(NCCc2ccncc2)n1. The molecular formula is C13H17N5. The highest BCUT2D eigenvalue weighted by atomic mass is 15.1. The van der Waals surface area contributed by atoms with Gasteiger partial charge in [0, 0.05) is 37.7 Å². The van der Waals surface area contributed by atoms with Gasteiger partial charge in [0.2, 0.25) is 5.95 Å². The number of hydrogen-bond acceptors (Lipinski definition) is 5. The van der Waals surface area contributed by atoms with Crippen molar-refractivity contribution in [3.05, 3.63) is 41.9 Å². The quantitative estimate of drug-likeness (QED) is 0.839. The van der Waals surface area contributed by atoms with Crippen LogP contribution in [0.5, 0.6) is 0 Å². The summed E-state index contributed by atoms with van der Waals surface area (Å²) in [6.07, 6.45) is 6.38. The largest absolute Gasteiger partial charge is 0.369 e. The molecule has 0 saturated carbocycles. The van der Waals surface area contributed by atoms with Crippen molar-refractivity contribution in [2.75, 3.05) is 24.2 Å². The van der Waals surface area contributed by atoms with Crippen molar-refractivity contribution < 1.29 is 0 Å². The second-order valence-corrected chi connectivity index (χ2v) is 4.01. The number of nitrogens with one attached hydrogen (secondary N) is 2. The molecule has 2 aromatic heterocycles. The van der Waals surface area contributed by atoms with Gasteiger partial charge in [0.15, 0.2) is 0 Å². The van der Waals surface area contributed by atoms with Gasteiger partial charge in [-0.1, -0.05) is 0 Å². The summed E-state index contributed by atoms with van der Waals surface area (Å²) in [4.78, 5) is 12.5. The maximum absolute atomic E-state index is 4.38. The fourth-order valence-corrected chi connectivity index (χ4v) is 1.62. The summed E-state index contributed by atoms with van der Waals surface area (Å²) in [7, 11) is 1.81. The number of hydrogen-bond donors (Lipinski definition) is 2. The van der Waals surface area contributed by atoms with E-state index in [0.717, 1.165) is 24.3 Å². The summed E-state index contributed by atoms with van der Waals surface area (Å²) in [5.74, 6) is 1.51. The van der Waals surface area contributed by atoms with Gasteiger partial charge >= 0.3 is 0 Å². The molecule has 0 amide bonds. The van der Waals surface area contributed by atoms with Gasteiger partial charge in [0.05, 0.1) is 0 Å². The normalized spacial score (nSPS) is 10.1. The van der Waals surface area contributed by atoms with Gasteiger partial charge in [0.1, 0.15) is 5.82 Å². The molecule has 0 aliphatic heterocycles. The molecule has 0 aliphatic rings. The smallest absolute Gasteiger partial charge is 0.224 e. The molecule has 2 aromatic rings. The lowest BCUT2D eigenvalue weighted by Crippen LogP contribution is -2.09. The lowest BCUT2D eigenvalue weighted by Gasteiger charge is -2.09. The summed E-state index contributed by atoms with van der Waals surface area (Å²) in [5.41, 5.74) is 2.31. The Hall–Kier alpha value is -2.17. The lowest BCUT2D eigenvalue weighted by molar-refractivity contribution is 0.987. The highest BCUT2D eigenvalue weighted by Gasteiger charge is 2.02. The molecule has 0 unspecified atom stereocenters. The first-order chi connectivity index (χ1) is 8.79. The molecule has 2 rings (SSSR count). The van der Waals surface area contributed by atoms with Crippen molar-refractivity contribution in [2.45, 2.75) is 13.3 Å². The molecule has 18 heavy (non-hydrogen) atoms. The van der Waals surface area contributed by atoms with E-state index in [-0.39, 0.29) is 0 Å². The predicted octanol–water partition coefficient (Wildman–Crippen LogP) is 1.88. The molecule has 0 bridgehead atoms. The van der Waals surface area contributed by atoms with Gasteiger partial charge in [-0.05, 0) is 31.0 Å². The predicted molar refractivity (Wildman–Crippen MR) is 72.7 cm³/mol. The Morgan fingerprint density at radius 2 is 2.00 bits per heavy atom. The van der Waals surface area contributed by atoms with Crippen LogP contribution in [0.2, 0.25) is 0 Å². The third kappa shape index (κ3) is 3.16. The summed E-state index contributed by atoms with van der Waals surface area (Å²) in [6.45, 7) is 2.83. The molecule has 0 spiro atoms. The van der Waals surface area contributed by atoms with E-state index in [1.165, 1.54) is 5.56 Å². The average Bonchev–Trinajstić information content (AvgIpc) is 2.42. The van der Waals surface area contributed by atoms with E-state index in [4.69, 9.17) is 0 Å². The van der Waals surface area contributed by atoms with Crippen LogP contribution in [0.1, 0.15) is 11.1 Å². The van der Waals surface area contributed by atoms with Gasteiger partial charge < -0.3 is 10.6 Å². The van der Waals surface area contributed by atoms with Crippen LogP contribution in [0.3, 0.4) is 0 Å². The molecule has 2 N–H and O–H groups in total. The summed E-state index contributed by atoms with van der Waals surface area (Å²) >= 11 is 0. The van der Waals surface area contributed by atoms with Crippen LogP contribution in [0.4, 0.5) is 11.8 Å². The molecule has 2 heterocycles. The summed E-state index contributed by atoms with van der Waals surface area (Å²) in [5, 5.41) is 6.26. The average molecular weight is 243 g/mol. The summed E-state index contributed by atoms with van der Waals surface area (Å²) < 4.78 is 0. The molecule has 5 heteroatoms. The molecule has 5 nitrogen and oxygen atoms in total. The fraction of sp³-hybridized carbons (Fsp3) is 0.308. The van der Waals surface area contributed by atoms with Crippen molar-refractivity contribution in [2.24, 2.45) is 0 Å². The van der Waals surface area contributed by atoms with Crippen LogP contribution in [0, 0.1) is 6.92 Å². The number of pyridine rings is 1. The molecule has 0 radical (unpaired) electrons. The van der Waals surface area contributed by atoms with Crippen LogP contribution < -0.4 is 10.6 Å². The van der Waals surface area contributed by atoms with Crippen LogP contribution in [0.25, 0.3) is 0 Å². The number of aromatic nitrogens is 3.